The maximum Gasteiger partial charge on any atom is 0.167 e. The van der Waals surface area contributed by atoms with Crippen LogP contribution in [-0.4, -0.2) is 11.7 Å². The van der Waals surface area contributed by atoms with E-state index >= 15 is 0 Å². The molecule has 0 amide bonds. The van der Waals surface area contributed by atoms with Crippen LogP contribution in [-0.2, 0) is 13.2 Å². The van der Waals surface area contributed by atoms with Gasteiger partial charge in [0, 0.05) is 5.56 Å². The summed E-state index contributed by atoms with van der Waals surface area (Å²) in [6, 6.07) is 9.98. The fraction of sp³-hybridized carbons (Fsp3) is 0.294. The first kappa shape index (κ1) is 15.3. The summed E-state index contributed by atoms with van der Waals surface area (Å²) in [6.07, 6.45) is 0. The quantitative estimate of drug-likeness (QED) is 0.883. The van der Waals surface area contributed by atoms with Crippen molar-refractivity contribution in [2.75, 3.05) is 6.61 Å². The van der Waals surface area contributed by atoms with Crippen LogP contribution in [0.3, 0.4) is 0 Å². The van der Waals surface area contributed by atoms with Gasteiger partial charge in [0.15, 0.2) is 11.5 Å². The SMILES string of the molecule is CCOc1cccc(CO)c1OCc1ccc(F)cc1C. The van der Waals surface area contributed by atoms with Gasteiger partial charge in [-0.3, -0.25) is 0 Å². The highest BCUT2D eigenvalue weighted by Crippen LogP contribution is 2.32. The third-order valence-electron chi connectivity index (χ3n) is 3.21. The van der Waals surface area contributed by atoms with E-state index in [9.17, 15) is 9.50 Å². The number of rotatable bonds is 6. The van der Waals surface area contributed by atoms with E-state index in [1.165, 1.54) is 12.1 Å². The minimum atomic E-state index is -0.262. The lowest BCUT2D eigenvalue weighted by Gasteiger charge is -2.15. The third kappa shape index (κ3) is 3.73. The highest BCUT2D eigenvalue weighted by Gasteiger charge is 2.11. The molecule has 0 spiro atoms. The first-order chi connectivity index (χ1) is 10.2. The summed E-state index contributed by atoms with van der Waals surface area (Å²) in [5.74, 6) is 0.872. The van der Waals surface area contributed by atoms with Crippen LogP contribution in [0, 0.1) is 12.7 Å². The molecule has 2 rings (SSSR count). The molecule has 0 saturated heterocycles. The number of hydrogen-bond acceptors (Lipinski definition) is 3. The van der Waals surface area contributed by atoms with Crippen LogP contribution < -0.4 is 9.47 Å². The molecule has 4 heteroatoms. The zero-order valence-electron chi connectivity index (χ0n) is 12.2. The molecule has 0 aromatic heterocycles. The molecule has 21 heavy (non-hydrogen) atoms. The predicted molar refractivity (Wildman–Crippen MR) is 79.0 cm³/mol. The topological polar surface area (TPSA) is 38.7 Å². The summed E-state index contributed by atoms with van der Waals surface area (Å²) in [6.45, 7) is 4.41. The maximum absolute atomic E-state index is 13.1. The zero-order valence-corrected chi connectivity index (χ0v) is 12.2. The number of ether oxygens (including phenoxy) is 2. The molecule has 2 aromatic rings. The van der Waals surface area contributed by atoms with Crippen molar-refractivity contribution in [3.05, 3.63) is 58.9 Å². The Bertz CT molecular complexity index is 611. The van der Waals surface area contributed by atoms with Crippen LogP contribution in [0.2, 0.25) is 0 Å². The number of aliphatic hydroxyl groups is 1. The minimum absolute atomic E-state index is 0.126. The average molecular weight is 290 g/mol. The maximum atomic E-state index is 13.1. The van der Waals surface area contributed by atoms with Crippen molar-refractivity contribution in [1.82, 2.24) is 0 Å². The van der Waals surface area contributed by atoms with Crippen molar-refractivity contribution < 1.29 is 19.0 Å². The first-order valence-electron chi connectivity index (χ1n) is 6.89. The van der Waals surface area contributed by atoms with Gasteiger partial charge < -0.3 is 14.6 Å². The van der Waals surface area contributed by atoms with Crippen molar-refractivity contribution in [3.8, 4) is 11.5 Å². The summed E-state index contributed by atoms with van der Waals surface area (Å²) in [5.41, 5.74) is 2.39. The van der Waals surface area contributed by atoms with Crippen molar-refractivity contribution >= 4 is 0 Å². The van der Waals surface area contributed by atoms with Crippen LogP contribution >= 0.6 is 0 Å². The van der Waals surface area contributed by atoms with Crippen LogP contribution in [0.5, 0.6) is 11.5 Å². The molecule has 0 atom stereocenters. The summed E-state index contributed by atoms with van der Waals surface area (Å²) in [4.78, 5) is 0. The highest BCUT2D eigenvalue weighted by atomic mass is 19.1. The van der Waals surface area contributed by atoms with E-state index in [4.69, 9.17) is 9.47 Å². The smallest absolute Gasteiger partial charge is 0.167 e. The molecule has 0 radical (unpaired) electrons. The Kier molecular flexibility index (Phi) is 5.17. The van der Waals surface area contributed by atoms with E-state index in [0.29, 0.717) is 30.3 Å². The molecule has 0 fully saturated rings. The summed E-state index contributed by atoms with van der Waals surface area (Å²) in [7, 11) is 0. The van der Waals surface area contributed by atoms with Crippen LogP contribution in [0.25, 0.3) is 0 Å². The molecule has 0 aliphatic carbocycles. The van der Waals surface area contributed by atoms with E-state index < -0.39 is 0 Å². The second-order valence-corrected chi connectivity index (χ2v) is 4.70. The van der Waals surface area contributed by atoms with Gasteiger partial charge in [-0.2, -0.15) is 0 Å². The second-order valence-electron chi connectivity index (χ2n) is 4.70. The van der Waals surface area contributed by atoms with E-state index in [-0.39, 0.29) is 12.4 Å². The standard InChI is InChI=1S/C17H19FO3/c1-3-20-16-6-4-5-13(10-19)17(16)21-11-14-7-8-15(18)9-12(14)2/h4-9,19H,3,10-11H2,1-2H3. The van der Waals surface area contributed by atoms with Gasteiger partial charge in [-0.1, -0.05) is 18.2 Å². The number of benzene rings is 2. The number of aryl methyl sites for hydroxylation is 1. The second kappa shape index (κ2) is 7.09. The molecule has 0 heterocycles. The van der Waals surface area contributed by atoms with Gasteiger partial charge in [0.1, 0.15) is 12.4 Å². The summed E-state index contributed by atoms with van der Waals surface area (Å²) in [5, 5.41) is 9.41. The normalized spacial score (nSPS) is 10.5. The molecule has 0 saturated carbocycles. The Labute approximate surface area is 124 Å². The van der Waals surface area contributed by atoms with E-state index in [2.05, 4.69) is 0 Å². The fourth-order valence-corrected chi connectivity index (χ4v) is 2.09. The van der Waals surface area contributed by atoms with Gasteiger partial charge in [0.2, 0.25) is 0 Å². The Morgan fingerprint density at radius 3 is 2.57 bits per heavy atom. The third-order valence-corrected chi connectivity index (χ3v) is 3.21. The van der Waals surface area contributed by atoms with Crippen molar-refractivity contribution in [3.63, 3.8) is 0 Å². The number of halogens is 1. The number of hydrogen-bond donors (Lipinski definition) is 1. The Balaban J connectivity index is 2.22. The van der Waals surface area contributed by atoms with E-state index in [0.717, 1.165) is 11.1 Å². The molecule has 0 unspecified atom stereocenters. The van der Waals surface area contributed by atoms with Crippen molar-refractivity contribution in [2.45, 2.75) is 27.1 Å². The van der Waals surface area contributed by atoms with Gasteiger partial charge in [0.25, 0.3) is 0 Å². The lowest BCUT2D eigenvalue weighted by atomic mass is 10.1. The van der Waals surface area contributed by atoms with Gasteiger partial charge in [-0.15, -0.1) is 0 Å². The largest absolute Gasteiger partial charge is 0.490 e. The lowest BCUT2D eigenvalue weighted by molar-refractivity contribution is 0.243. The molecule has 0 bridgehead atoms. The highest BCUT2D eigenvalue weighted by molar-refractivity contribution is 5.46. The summed E-state index contributed by atoms with van der Waals surface area (Å²) < 4.78 is 24.4. The molecule has 3 nitrogen and oxygen atoms in total. The fourth-order valence-electron chi connectivity index (χ4n) is 2.09. The van der Waals surface area contributed by atoms with Crippen LogP contribution in [0.15, 0.2) is 36.4 Å². The molecular formula is C17H19FO3. The van der Waals surface area contributed by atoms with Crippen molar-refractivity contribution in [2.24, 2.45) is 0 Å². The average Bonchev–Trinajstić information content (AvgIpc) is 2.47. The molecule has 2 aromatic carbocycles. The summed E-state index contributed by atoms with van der Waals surface area (Å²) >= 11 is 0. The predicted octanol–water partition coefficient (Wildman–Crippen LogP) is 3.60. The number of para-hydroxylation sites is 1. The van der Waals surface area contributed by atoms with E-state index in [1.807, 2.05) is 19.9 Å². The van der Waals surface area contributed by atoms with Gasteiger partial charge in [-0.25, -0.2) is 4.39 Å². The van der Waals surface area contributed by atoms with E-state index in [1.54, 1.807) is 18.2 Å². The first-order valence-corrected chi connectivity index (χ1v) is 6.89. The zero-order chi connectivity index (χ0) is 15.2. The van der Waals surface area contributed by atoms with Crippen LogP contribution in [0.4, 0.5) is 4.39 Å². The van der Waals surface area contributed by atoms with Crippen LogP contribution in [0.1, 0.15) is 23.6 Å². The Hall–Kier alpha value is -2.07. The molecule has 0 aliphatic rings. The molecule has 112 valence electrons. The van der Waals surface area contributed by atoms with Crippen molar-refractivity contribution in [1.29, 1.82) is 0 Å². The number of aliphatic hydroxyl groups excluding tert-OH is 1. The monoisotopic (exact) mass is 290 g/mol. The van der Waals surface area contributed by atoms with Gasteiger partial charge >= 0.3 is 0 Å². The Morgan fingerprint density at radius 1 is 1.10 bits per heavy atom. The lowest BCUT2D eigenvalue weighted by Crippen LogP contribution is -2.04. The van der Waals surface area contributed by atoms with Gasteiger partial charge in [0.05, 0.1) is 13.2 Å². The minimum Gasteiger partial charge on any atom is -0.490 e. The van der Waals surface area contributed by atoms with Gasteiger partial charge in [-0.05, 0) is 43.2 Å². The molecule has 1 N–H and O–H groups in total. The molecule has 0 aliphatic heterocycles. The molecular weight excluding hydrogens is 271 g/mol. The Morgan fingerprint density at radius 2 is 1.90 bits per heavy atom.